The summed E-state index contributed by atoms with van der Waals surface area (Å²) in [6.45, 7) is 7.30. The summed E-state index contributed by atoms with van der Waals surface area (Å²) in [4.78, 5) is 0. The van der Waals surface area contributed by atoms with Crippen molar-refractivity contribution in [3.63, 3.8) is 0 Å². The Balaban J connectivity index is 1.81. The lowest BCUT2D eigenvalue weighted by Crippen LogP contribution is -2.11. The van der Waals surface area contributed by atoms with Crippen molar-refractivity contribution >= 4 is 0 Å². The van der Waals surface area contributed by atoms with E-state index in [-0.39, 0.29) is 0 Å². The van der Waals surface area contributed by atoms with Gasteiger partial charge in [0.1, 0.15) is 0 Å². The third-order valence-electron chi connectivity index (χ3n) is 4.42. The smallest absolute Gasteiger partial charge is 0.0717 e. The predicted molar refractivity (Wildman–Crippen MR) is 90.4 cm³/mol. The lowest BCUT2D eigenvalue weighted by Gasteiger charge is -2.27. The SMILES string of the molecule is C=CCCOCc1ccc(C2CCC(C=CC)CC2)cc1. The van der Waals surface area contributed by atoms with Crippen molar-refractivity contribution in [2.24, 2.45) is 5.92 Å². The first-order chi connectivity index (χ1) is 10.3. The van der Waals surface area contributed by atoms with Crippen molar-refractivity contribution in [2.45, 2.75) is 51.6 Å². The Morgan fingerprint density at radius 2 is 1.86 bits per heavy atom. The molecule has 21 heavy (non-hydrogen) atoms. The number of ether oxygens (including phenoxy) is 1. The largest absolute Gasteiger partial charge is 0.376 e. The van der Waals surface area contributed by atoms with Crippen LogP contribution in [0.25, 0.3) is 0 Å². The van der Waals surface area contributed by atoms with Crippen LogP contribution in [0.15, 0.2) is 49.1 Å². The molecule has 0 spiro atoms. The van der Waals surface area contributed by atoms with Crippen LogP contribution in [0, 0.1) is 5.92 Å². The molecule has 0 bridgehead atoms. The molecule has 1 fully saturated rings. The number of rotatable bonds is 7. The highest BCUT2D eigenvalue weighted by molar-refractivity contribution is 5.25. The van der Waals surface area contributed by atoms with Gasteiger partial charge in [0.25, 0.3) is 0 Å². The molecule has 0 N–H and O–H groups in total. The van der Waals surface area contributed by atoms with Gasteiger partial charge >= 0.3 is 0 Å². The first-order valence-corrected chi connectivity index (χ1v) is 8.23. The summed E-state index contributed by atoms with van der Waals surface area (Å²) in [6.07, 6.45) is 12.7. The quantitative estimate of drug-likeness (QED) is 0.466. The Morgan fingerprint density at radius 3 is 2.48 bits per heavy atom. The summed E-state index contributed by atoms with van der Waals surface area (Å²) in [5, 5.41) is 0. The van der Waals surface area contributed by atoms with Gasteiger partial charge in [-0.15, -0.1) is 6.58 Å². The average molecular weight is 284 g/mol. The Kier molecular flexibility index (Phi) is 6.75. The average Bonchev–Trinajstić information content (AvgIpc) is 2.53. The van der Waals surface area contributed by atoms with Crippen LogP contribution in [0.2, 0.25) is 0 Å². The summed E-state index contributed by atoms with van der Waals surface area (Å²) >= 11 is 0. The fraction of sp³-hybridized carbons (Fsp3) is 0.500. The van der Waals surface area contributed by atoms with E-state index in [9.17, 15) is 0 Å². The van der Waals surface area contributed by atoms with Crippen LogP contribution in [0.1, 0.15) is 56.1 Å². The number of hydrogen-bond acceptors (Lipinski definition) is 1. The lowest BCUT2D eigenvalue weighted by molar-refractivity contribution is 0.125. The second-order valence-electron chi connectivity index (χ2n) is 6.01. The molecule has 0 saturated heterocycles. The molecule has 0 aliphatic heterocycles. The minimum absolute atomic E-state index is 0.710. The molecule has 1 aromatic carbocycles. The Morgan fingerprint density at radius 1 is 1.14 bits per heavy atom. The summed E-state index contributed by atoms with van der Waals surface area (Å²) in [7, 11) is 0. The molecule has 1 aliphatic rings. The van der Waals surface area contributed by atoms with Crippen LogP contribution in [-0.4, -0.2) is 6.61 Å². The Hall–Kier alpha value is -1.34. The number of benzene rings is 1. The van der Waals surface area contributed by atoms with Crippen LogP contribution < -0.4 is 0 Å². The van der Waals surface area contributed by atoms with Gasteiger partial charge in [-0.1, -0.05) is 42.5 Å². The van der Waals surface area contributed by atoms with E-state index in [0.717, 1.165) is 24.9 Å². The van der Waals surface area contributed by atoms with E-state index in [0.29, 0.717) is 6.61 Å². The van der Waals surface area contributed by atoms with E-state index in [4.69, 9.17) is 4.74 Å². The molecule has 0 aromatic heterocycles. The van der Waals surface area contributed by atoms with E-state index in [2.05, 4.69) is 49.9 Å². The predicted octanol–water partition coefficient (Wildman–Crippen LogP) is 5.63. The Bertz CT molecular complexity index is 435. The number of hydrogen-bond donors (Lipinski definition) is 0. The Labute approximate surface area is 129 Å². The topological polar surface area (TPSA) is 9.23 Å². The maximum atomic E-state index is 5.61. The molecule has 1 aliphatic carbocycles. The first-order valence-electron chi connectivity index (χ1n) is 8.23. The van der Waals surface area contributed by atoms with E-state index < -0.39 is 0 Å². The summed E-state index contributed by atoms with van der Waals surface area (Å²) in [6, 6.07) is 9.04. The molecule has 0 amide bonds. The summed E-state index contributed by atoms with van der Waals surface area (Å²) in [5.41, 5.74) is 2.77. The third kappa shape index (κ3) is 5.17. The summed E-state index contributed by atoms with van der Waals surface area (Å²) in [5.74, 6) is 1.56. The van der Waals surface area contributed by atoms with Crippen LogP contribution >= 0.6 is 0 Å². The minimum Gasteiger partial charge on any atom is -0.376 e. The van der Waals surface area contributed by atoms with E-state index >= 15 is 0 Å². The van der Waals surface area contributed by atoms with Crippen LogP contribution in [-0.2, 0) is 11.3 Å². The van der Waals surface area contributed by atoms with E-state index in [1.165, 1.54) is 36.8 Å². The highest BCUT2D eigenvalue weighted by Gasteiger charge is 2.20. The van der Waals surface area contributed by atoms with Gasteiger partial charge in [-0.05, 0) is 62.0 Å². The highest BCUT2D eigenvalue weighted by atomic mass is 16.5. The standard InChI is InChI=1S/C20H28O/c1-3-5-15-21-16-18-9-13-20(14-10-18)19-11-7-17(6-4-2)8-12-19/h3-4,6,9-10,13-14,17,19H,1,5,7-8,11-12,15-16H2,2H3. The van der Waals surface area contributed by atoms with Crippen LogP contribution in [0.4, 0.5) is 0 Å². The normalized spacial score (nSPS) is 22.5. The molecule has 1 aromatic rings. The van der Waals surface area contributed by atoms with Crippen molar-refractivity contribution in [3.8, 4) is 0 Å². The highest BCUT2D eigenvalue weighted by Crippen LogP contribution is 2.36. The first kappa shape index (κ1) is 16.0. The van der Waals surface area contributed by atoms with E-state index in [1.54, 1.807) is 0 Å². The van der Waals surface area contributed by atoms with Crippen molar-refractivity contribution in [1.82, 2.24) is 0 Å². The molecule has 1 nitrogen and oxygen atoms in total. The summed E-state index contributed by atoms with van der Waals surface area (Å²) < 4.78 is 5.61. The molecule has 0 heterocycles. The fourth-order valence-corrected chi connectivity index (χ4v) is 3.16. The fourth-order valence-electron chi connectivity index (χ4n) is 3.16. The number of allylic oxidation sites excluding steroid dienone is 2. The van der Waals surface area contributed by atoms with Gasteiger partial charge < -0.3 is 4.74 Å². The third-order valence-corrected chi connectivity index (χ3v) is 4.42. The maximum absolute atomic E-state index is 5.61. The molecular formula is C20H28O. The zero-order valence-corrected chi connectivity index (χ0v) is 13.3. The van der Waals surface area contributed by atoms with Crippen molar-refractivity contribution in [1.29, 1.82) is 0 Å². The minimum atomic E-state index is 0.710. The van der Waals surface area contributed by atoms with Gasteiger partial charge in [0.2, 0.25) is 0 Å². The molecule has 2 rings (SSSR count). The molecular weight excluding hydrogens is 256 g/mol. The van der Waals surface area contributed by atoms with Gasteiger partial charge in [-0.25, -0.2) is 0 Å². The van der Waals surface area contributed by atoms with Crippen molar-refractivity contribution < 1.29 is 4.74 Å². The van der Waals surface area contributed by atoms with E-state index in [1.807, 2.05) is 6.08 Å². The molecule has 0 atom stereocenters. The molecule has 114 valence electrons. The van der Waals surface area contributed by atoms with Crippen LogP contribution in [0.5, 0.6) is 0 Å². The molecule has 1 heteroatoms. The maximum Gasteiger partial charge on any atom is 0.0717 e. The monoisotopic (exact) mass is 284 g/mol. The zero-order valence-electron chi connectivity index (χ0n) is 13.3. The molecule has 1 saturated carbocycles. The van der Waals surface area contributed by atoms with Crippen molar-refractivity contribution in [3.05, 3.63) is 60.2 Å². The lowest BCUT2D eigenvalue weighted by atomic mass is 9.78. The second-order valence-corrected chi connectivity index (χ2v) is 6.01. The molecule has 0 radical (unpaired) electrons. The van der Waals surface area contributed by atoms with Gasteiger partial charge in [0.05, 0.1) is 13.2 Å². The van der Waals surface area contributed by atoms with Gasteiger partial charge in [-0.2, -0.15) is 0 Å². The van der Waals surface area contributed by atoms with Gasteiger partial charge in [0.15, 0.2) is 0 Å². The second kappa shape index (κ2) is 8.84. The van der Waals surface area contributed by atoms with Crippen molar-refractivity contribution in [2.75, 3.05) is 6.61 Å². The van der Waals surface area contributed by atoms with Gasteiger partial charge in [0, 0.05) is 0 Å². The zero-order chi connectivity index (χ0) is 14.9. The van der Waals surface area contributed by atoms with Crippen LogP contribution in [0.3, 0.4) is 0 Å². The van der Waals surface area contributed by atoms with Gasteiger partial charge in [-0.3, -0.25) is 0 Å². The molecule has 0 unspecified atom stereocenters.